The summed E-state index contributed by atoms with van der Waals surface area (Å²) in [4.78, 5) is 12.8. The predicted octanol–water partition coefficient (Wildman–Crippen LogP) is 2.75. The SMILES string of the molecule is Cc1cc(Cl)n2cc(-c3cccnc3)nc2n1. The molecule has 3 aromatic rings. The van der Waals surface area contributed by atoms with Gasteiger partial charge in [0, 0.05) is 29.8 Å². The smallest absolute Gasteiger partial charge is 0.235 e. The van der Waals surface area contributed by atoms with Gasteiger partial charge in [0.1, 0.15) is 5.15 Å². The summed E-state index contributed by atoms with van der Waals surface area (Å²) in [5.74, 6) is 0.605. The molecule has 0 radical (unpaired) electrons. The van der Waals surface area contributed by atoms with E-state index in [0.29, 0.717) is 10.9 Å². The van der Waals surface area contributed by atoms with E-state index >= 15 is 0 Å². The minimum Gasteiger partial charge on any atom is -0.273 e. The first kappa shape index (κ1) is 10.2. The zero-order valence-corrected chi connectivity index (χ0v) is 9.89. The maximum absolute atomic E-state index is 6.13. The van der Waals surface area contributed by atoms with Crippen molar-refractivity contribution in [2.24, 2.45) is 0 Å². The standard InChI is InChI=1S/C12H9ClN4/c1-8-5-11(13)17-7-10(16-12(17)15-8)9-3-2-4-14-6-9/h2-7H,1H3. The van der Waals surface area contributed by atoms with Crippen molar-refractivity contribution >= 4 is 17.4 Å². The Morgan fingerprint density at radius 3 is 2.94 bits per heavy atom. The van der Waals surface area contributed by atoms with Gasteiger partial charge in [-0.2, -0.15) is 0 Å². The molecule has 17 heavy (non-hydrogen) atoms. The number of nitrogens with zero attached hydrogens (tertiary/aromatic N) is 4. The van der Waals surface area contributed by atoms with Crippen LogP contribution in [0.15, 0.2) is 36.8 Å². The van der Waals surface area contributed by atoms with Gasteiger partial charge in [-0.3, -0.25) is 9.38 Å². The molecule has 0 atom stereocenters. The highest BCUT2D eigenvalue weighted by atomic mass is 35.5. The molecular formula is C12H9ClN4. The van der Waals surface area contributed by atoms with Crippen molar-refractivity contribution in [3.8, 4) is 11.3 Å². The van der Waals surface area contributed by atoms with E-state index in [4.69, 9.17) is 11.6 Å². The number of halogens is 1. The second-order valence-electron chi connectivity index (χ2n) is 3.76. The van der Waals surface area contributed by atoms with Gasteiger partial charge in [0.05, 0.1) is 5.69 Å². The fourth-order valence-corrected chi connectivity index (χ4v) is 1.97. The van der Waals surface area contributed by atoms with Gasteiger partial charge in [-0.05, 0) is 25.1 Å². The minimum absolute atomic E-state index is 0.605. The molecule has 5 heteroatoms. The summed E-state index contributed by atoms with van der Waals surface area (Å²) in [5.41, 5.74) is 2.62. The molecule has 0 bridgehead atoms. The third-order valence-electron chi connectivity index (χ3n) is 2.48. The Balaban J connectivity index is 2.24. The molecule has 0 aliphatic rings. The Morgan fingerprint density at radius 1 is 1.29 bits per heavy atom. The Morgan fingerprint density at radius 2 is 2.18 bits per heavy atom. The number of imidazole rings is 1. The van der Waals surface area contributed by atoms with Crippen molar-refractivity contribution in [3.63, 3.8) is 0 Å². The molecule has 0 saturated carbocycles. The van der Waals surface area contributed by atoms with Crippen molar-refractivity contribution in [2.75, 3.05) is 0 Å². The van der Waals surface area contributed by atoms with Crippen molar-refractivity contribution < 1.29 is 0 Å². The summed E-state index contributed by atoms with van der Waals surface area (Å²) in [7, 11) is 0. The highest BCUT2D eigenvalue weighted by Crippen LogP contribution is 2.20. The summed E-state index contributed by atoms with van der Waals surface area (Å²) in [6, 6.07) is 5.64. The van der Waals surface area contributed by atoms with Crippen molar-refractivity contribution in [1.82, 2.24) is 19.4 Å². The average Bonchev–Trinajstić information content (AvgIpc) is 2.74. The molecule has 0 fully saturated rings. The number of pyridine rings is 1. The second kappa shape index (κ2) is 3.82. The minimum atomic E-state index is 0.605. The van der Waals surface area contributed by atoms with Gasteiger partial charge < -0.3 is 0 Å². The lowest BCUT2D eigenvalue weighted by Gasteiger charge is -1.96. The number of fused-ring (bicyclic) bond motifs is 1. The zero-order chi connectivity index (χ0) is 11.8. The largest absolute Gasteiger partial charge is 0.273 e. The lowest BCUT2D eigenvalue weighted by atomic mass is 10.2. The second-order valence-corrected chi connectivity index (χ2v) is 4.15. The summed E-state index contributed by atoms with van der Waals surface area (Å²) in [6.45, 7) is 1.89. The molecule has 0 unspecified atom stereocenters. The maximum atomic E-state index is 6.13. The van der Waals surface area contributed by atoms with Crippen molar-refractivity contribution in [2.45, 2.75) is 6.92 Å². The monoisotopic (exact) mass is 244 g/mol. The first-order valence-electron chi connectivity index (χ1n) is 5.17. The molecule has 0 aliphatic carbocycles. The van der Waals surface area contributed by atoms with Gasteiger partial charge in [0.2, 0.25) is 5.78 Å². The Kier molecular flexibility index (Phi) is 2.30. The lowest BCUT2D eigenvalue weighted by Crippen LogP contribution is -1.91. The molecule has 84 valence electrons. The molecule has 3 rings (SSSR count). The highest BCUT2D eigenvalue weighted by molar-refractivity contribution is 6.29. The molecule has 0 aliphatic heterocycles. The number of aryl methyl sites for hydroxylation is 1. The number of rotatable bonds is 1. The average molecular weight is 245 g/mol. The summed E-state index contributed by atoms with van der Waals surface area (Å²) in [5, 5.41) is 0.607. The van der Waals surface area contributed by atoms with E-state index in [9.17, 15) is 0 Å². The predicted molar refractivity (Wildman–Crippen MR) is 66.0 cm³/mol. The van der Waals surface area contributed by atoms with Crippen molar-refractivity contribution in [3.05, 3.63) is 47.6 Å². The van der Waals surface area contributed by atoms with E-state index in [0.717, 1.165) is 17.0 Å². The van der Waals surface area contributed by atoms with E-state index in [2.05, 4.69) is 15.0 Å². The summed E-state index contributed by atoms with van der Waals surface area (Å²) >= 11 is 6.13. The van der Waals surface area contributed by atoms with Crippen LogP contribution in [0.5, 0.6) is 0 Å². The van der Waals surface area contributed by atoms with E-state index in [1.54, 1.807) is 16.8 Å². The molecular weight excluding hydrogens is 236 g/mol. The molecule has 0 spiro atoms. The maximum Gasteiger partial charge on any atom is 0.235 e. The third-order valence-corrected chi connectivity index (χ3v) is 2.77. The molecule has 3 heterocycles. The van der Waals surface area contributed by atoms with Gasteiger partial charge >= 0.3 is 0 Å². The van der Waals surface area contributed by atoms with Crippen molar-refractivity contribution in [1.29, 1.82) is 0 Å². The Labute approximate surface area is 103 Å². The quantitative estimate of drug-likeness (QED) is 0.618. The van der Waals surface area contributed by atoms with Crippen LogP contribution >= 0.6 is 11.6 Å². The van der Waals surface area contributed by atoms with Crippen LogP contribution in [0.2, 0.25) is 5.15 Å². The van der Waals surface area contributed by atoms with Crippen LogP contribution in [0.3, 0.4) is 0 Å². The fraction of sp³-hybridized carbons (Fsp3) is 0.0833. The van der Waals surface area contributed by atoms with Crippen LogP contribution in [0.4, 0.5) is 0 Å². The summed E-state index contributed by atoms with van der Waals surface area (Å²) in [6.07, 6.45) is 5.36. The van der Waals surface area contributed by atoms with E-state index in [-0.39, 0.29) is 0 Å². The zero-order valence-electron chi connectivity index (χ0n) is 9.13. The molecule has 0 aromatic carbocycles. The Bertz CT molecular complexity index is 676. The lowest BCUT2D eigenvalue weighted by molar-refractivity contribution is 1.07. The molecule has 0 amide bonds. The summed E-state index contributed by atoms with van der Waals surface area (Å²) < 4.78 is 1.76. The highest BCUT2D eigenvalue weighted by Gasteiger charge is 2.08. The topological polar surface area (TPSA) is 43.1 Å². The van der Waals surface area contributed by atoms with E-state index in [1.807, 2.05) is 31.3 Å². The molecule has 3 aromatic heterocycles. The van der Waals surface area contributed by atoms with Gasteiger partial charge in [-0.1, -0.05) is 11.6 Å². The number of hydrogen-bond acceptors (Lipinski definition) is 3. The molecule has 4 nitrogen and oxygen atoms in total. The van der Waals surface area contributed by atoms with Crippen LogP contribution in [-0.4, -0.2) is 19.4 Å². The van der Waals surface area contributed by atoms with Crippen LogP contribution in [-0.2, 0) is 0 Å². The first-order valence-corrected chi connectivity index (χ1v) is 5.54. The number of hydrogen-bond donors (Lipinski definition) is 0. The van der Waals surface area contributed by atoms with Gasteiger partial charge in [0.25, 0.3) is 0 Å². The van der Waals surface area contributed by atoms with Gasteiger partial charge in [-0.15, -0.1) is 0 Å². The van der Waals surface area contributed by atoms with Crippen LogP contribution in [0.25, 0.3) is 17.0 Å². The van der Waals surface area contributed by atoms with E-state index < -0.39 is 0 Å². The first-order chi connectivity index (χ1) is 8.24. The number of aromatic nitrogens is 4. The van der Waals surface area contributed by atoms with E-state index in [1.165, 1.54) is 0 Å². The van der Waals surface area contributed by atoms with Crippen LogP contribution < -0.4 is 0 Å². The Hall–Kier alpha value is -1.94. The van der Waals surface area contributed by atoms with Gasteiger partial charge in [0.15, 0.2) is 0 Å². The molecule has 0 saturated heterocycles. The van der Waals surface area contributed by atoms with Gasteiger partial charge in [-0.25, -0.2) is 9.97 Å². The molecule has 0 N–H and O–H groups in total. The fourth-order valence-electron chi connectivity index (χ4n) is 1.69. The van der Waals surface area contributed by atoms with Crippen LogP contribution in [0.1, 0.15) is 5.69 Å². The normalized spacial score (nSPS) is 10.9. The third kappa shape index (κ3) is 1.76. The van der Waals surface area contributed by atoms with Crippen LogP contribution in [0, 0.1) is 6.92 Å².